The molecule has 0 aliphatic carbocycles. The Bertz CT molecular complexity index is 338. The van der Waals surface area contributed by atoms with E-state index in [1.54, 1.807) is 37.0 Å². The van der Waals surface area contributed by atoms with Gasteiger partial charge >= 0.3 is 0 Å². The molecular weight excluding hydrogens is 166 g/mol. The van der Waals surface area contributed by atoms with Crippen molar-refractivity contribution in [3.05, 3.63) is 23.9 Å². The summed E-state index contributed by atoms with van der Waals surface area (Å²) >= 11 is 0. The number of allylic oxidation sites excluding steroid dienone is 1. The number of aryl methyl sites for hydroxylation is 1. The third kappa shape index (κ3) is 2.18. The molecule has 0 bridgehead atoms. The van der Waals surface area contributed by atoms with E-state index in [-0.39, 0.29) is 5.91 Å². The molecule has 4 heteroatoms. The number of rotatable bonds is 2. The van der Waals surface area contributed by atoms with Crippen molar-refractivity contribution < 1.29 is 4.79 Å². The Morgan fingerprint density at radius 2 is 2.38 bits per heavy atom. The number of hydrogen-bond acceptors (Lipinski definition) is 2. The highest BCUT2D eigenvalue weighted by Gasteiger charge is 2.05. The van der Waals surface area contributed by atoms with Crippen LogP contribution in [0, 0.1) is 0 Å². The van der Waals surface area contributed by atoms with E-state index in [2.05, 4.69) is 10.4 Å². The van der Waals surface area contributed by atoms with Crippen LogP contribution in [0.5, 0.6) is 0 Å². The maximum atomic E-state index is 11.4. The van der Waals surface area contributed by atoms with Gasteiger partial charge in [0.2, 0.25) is 0 Å². The molecule has 0 saturated carbocycles. The first-order valence-electron chi connectivity index (χ1n) is 4.07. The van der Waals surface area contributed by atoms with Gasteiger partial charge in [0, 0.05) is 18.7 Å². The average Bonchev–Trinajstić information content (AvgIpc) is 2.50. The molecule has 0 radical (unpaired) electrons. The van der Waals surface area contributed by atoms with Gasteiger partial charge < -0.3 is 5.32 Å². The monoisotopic (exact) mass is 179 g/mol. The highest BCUT2D eigenvalue weighted by molar-refractivity contribution is 6.02. The topological polar surface area (TPSA) is 46.9 Å². The van der Waals surface area contributed by atoms with Crippen LogP contribution in [0.4, 0.5) is 5.82 Å². The Labute approximate surface area is 77.3 Å². The Kier molecular flexibility index (Phi) is 2.84. The molecule has 0 saturated heterocycles. The molecule has 13 heavy (non-hydrogen) atoms. The van der Waals surface area contributed by atoms with Crippen LogP contribution in [0.15, 0.2) is 23.9 Å². The molecular formula is C9H13N3O. The molecule has 0 aliphatic rings. The number of aromatic nitrogens is 2. The number of carbonyl (C=O) groups excluding carboxylic acids is 1. The van der Waals surface area contributed by atoms with E-state index >= 15 is 0 Å². The minimum Gasteiger partial charge on any atom is -0.307 e. The minimum atomic E-state index is -0.0916. The van der Waals surface area contributed by atoms with Gasteiger partial charge in [-0.1, -0.05) is 6.08 Å². The quantitative estimate of drug-likeness (QED) is 0.696. The number of anilines is 1. The van der Waals surface area contributed by atoms with Crippen molar-refractivity contribution in [2.75, 3.05) is 5.32 Å². The van der Waals surface area contributed by atoms with Crippen LogP contribution in [-0.4, -0.2) is 15.7 Å². The smallest absolute Gasteiger partial charge is 0.252 e. The predicted molar refractivity (Wildman–Crippen MR) is 51.3 cm³/mol. The summed E-state index contributed by atoms with van der Waals surface area (Å²) in [5.41, 5.74) is 0.696. The van der Waals surface area contributed by atoms with E-state index < -0.39 is 0 Å². The number of nitrogens with zero attached hydrogens (tertiary/aromatic N) is 2. The van der Waals surface area contributed by atoms with Gasteiger partial charge in [-0.05, 0) is 13.8 Å². The van der Waals surface area contributed by atoms with Crippen molar-refractivity contribution in [3.8, 4) is 0 Å². The molecule has 1 heterocycles. The van der Waals surface area contributed by atoms with E-state index in [0.29, 0.717) is 11.4 Å². The second kappa shape index (κ2) is 3.89. The van der Waals surface area contributed by atoms with E-state index in [9.17, 15) is 4.79 Å². The first-order chi connectivity index (χ1) is 6.15. The molecule has 0 fully saturated rings. The summed E-state index contributed by atoms with van der Waals surface area (Å²) in [6.07, 6.45) is 3.41. The van der Waals surface area contributed by atoms with Gasteiger partial charge in [-0.2, -0.15) is 5.10 Å². The van der Waals surface area contributed by atoms with E-state index in [0.717, 1.165) is 0 Å². The lowest BCUT2D eigenvalue weighted by Crippen LogP contribution is -2.14. The van der Waals surface area contributed by atoms with Crippen molar-refractivity contribution in [2.45, 2.75) is 13.8 Å². The Morgan fingerprint density at radius 3 is 2.85 bits per heavy atom. The summed E-state index contributed by atoms with van der Waals surface area (Å²) < 4.78 is 1.61. The summed E-state index contributed by atoms with van der Waals surface area (Å²) in [4.78, 5) is 11.4. The minimum absolute atomic E-state index is 0.0916. The van der Waals surface area contributed by atoms with Crippen LogP contribution >= 0.6 is 0 Å². The zero-order chi connectivity index (χ0) is 9.84. The molecule has 0 unspecified atom stereocenters. The highest BCUT2D eigenvalue weighted by Crippen LogP contribution is 2.05. The summed E-state index contributed by atoms with van der Waals surface area (Å²) in [6.45, 7) is 3.60. The standard InChI is InChI=1S/C9H13N3O/c1-4-7(2)9(13)11-8-5-6-10-12(8)3/h4-6H,1-3H3,(H,11,13)/b7-4-. The Balaban J connectivity index is 2.71. The lowest BCUT2D eigenvalue weighted by atomic mass is 10.3. The summed E-state index contributed by atoms with van der Waals surface area (Å²) in [5.74, 6) is 0.609. The molecule has 1 N–H and O–H groups in total. The average molecular weight is 179 g/mol. The van der Waals surface area contributed by atoms with Crippen LogP contribution in [0.25, 0.3) is 0 Å². The van der Waals surface area contributed by atoms with Gasteiger partial charge in [0.05, 0.1) is 6.20 Å². The third-order valence-corrected chi connectivity index (χ3v) is 1.85. The maximum absolute atomic E-state index is 11.4. The molecule has 0 aromatic carbocycles. The molecule has 0 atom stereocenters. The highest BCUT2D eigenvalue weighted by atomic mass is 16.1. The fraction of sp³-hybridized carbons (Fsp3) is 0.333. The molecule has 0 aliphatic heterocycles. The maximum Gasteiger partial charge on any atom is 0.252 e. The van der Waals surface area contributed by atoms with Gasteiger partial charge in [-0.15, -0.1) is 0 Å². The molecule has 70 valence electrons. The first kappa shape index (κ1) is 9.51. The number of hydrogen-bond donors (Lipinski definition) is 1. The fourth-order valence-corrected chi connectivity index (χ4v) is 0.843. The van der Waals surface area contributed by atoms with Crippen LogP contribution in [-0.2, 0) is 11.8 Å². The molecule has 1 aromatic rings. The van der Waals surface area contributed by atoms with Crippen LogP contribution in [0.3, 0.4) is 0 Å². The van der Waals surface area contributed by atoms with Crippen molar-refractivity contribution in [3.63, 3.8) is 0 Å². The largest absolute Gasteiger partial charge is 0.307 e. The lowest BCUT2D eigenvalue weighted by Gasteiger charge is -2.04. The van der Waals surface area contributed by atoms with Gasteiger partial charge in [-0.25, -0.2) is 0 Å². The summed E-state index contributed by atoms with van der Waals surface area (Å²) in [5, 5.41) is 6.67. The zero-order valence-electron chi connectivity index (χ0n) is 8.03. The molecule has 0 spiro atoms. The second-order valence-corrected chi connectivity index (χ2v) is 2.77. The first-order valence-corrected chi connectivity index (χ1v) is 4.07. The molecule has 1 aromatic heterocycles. The van der Waals surface area contributed by atoms with E-state index in [1.165, 1.54) is 0 Å². The van der Waals surface area contributed by atoms with E-state index in [4.69, 9.17) is 0 Å². The number of carbonyl (C=O) groups is 1. The zero-order valence-corrected chi connectivity index (χ0v) is 8.03. The van der Waals surface area contributed by atoms with Gasteiger partial charge in [-0.3, -0.25) is 9.48 Å². The van der Waals surface area contributed by atoms with Gasteiger partial charge in [0.1, 0.15) is 5.82 Å². The molecule has 4 nitrogen and oxygen atoms in total. The molecule has 1 rings (SSSR count). The normalized spacial score (nSPS) is 11.5. The Morgan fingerprint density at radius 1 is 1.69 bits per heavy atom. The SMILES string of the molecule is C/C=C(/C)C(=O)Nc1ccnn1C. The van der Waals surface area contributed by atoms with Crippen LogP contribution < -0.4 is 5.32 Å². The fourth-order valence-electron chi connectivity index (χ4n) is 0.843. The molecule has 1 amide bonds. The predicted octanol–water partition coefficient (Wildman–Crippen LogP) is 1.32. The van der Waals surface area contributed by atoms with Crippen molar-refractivity contribution in [1.29, 1.82) is 0 Å². The number of nitrogens with one attached hydrogen (secondary N) is 1. The lowest BCUT2D eigenvalue weighted by molar-refractivity contribution is -0.112. The summed E-state index contributed by atoms with van der Waals surface area (Å²) in [6, 6.07) is 1.75. The second-order valence-electron chi connectivity index (χ2n) is 2.77. The number of amides is 1. The van der Waals surface area contributed by atoms with Gasteiger partial charge in [0.25, 0.3) is 5.91 Å². The van der Waals surface area contributed by atoms with Crippen molar-refractivity contribution in [2.24, 2.45) is 7.05 Å². The van der Waals surface area contributed by atoms with E-state index in [1.807, 2.05) is 6.92 Å². The van der Waals surface area contributed by atoms with Crippen molar-refractivity contribution >= 4 is 11.7 Å². The summed E-state index contributed by atoms with van der Waals surface area (Å²) in [7, 11) is 1.78. The Hall–Kier alpha value is -1.58. The van der Waals surface area contributed by atoms with Crippen LogP contribution in [0.2, 0.25) is 0 Å². The van der Waals surface area contributed by atoms with Crippen molar-refractivity contribution in [1.82, 2.24) is 9.78 Å². The van der Waals surface area contributed by atoms with Gasteiger partial charge in [0.15, 0.2) is 0 Å². The van der Waals surface area contributed by atoms with Crippen LogP contribution in [0.1, 0.15) is 13.8 Å². The third-order valence-electron chi connectivity index (χ3n) is 1.85.